The van der Waals surface area contributed by atoms with Crippen molar-refractivity contribution in [1.82, 2.24) is 5.16 Å². The average molecular weight is 224 g/mol. The van der Waals surface area contributed by atoms with E-state index in [9.17, 15) is 4.79 Å². The topological polar surface area (TPSA) is 75.7 Å². The first-order chi connectivity index (χ1) is 7.49. The summed E-state index contributed by atoms with van der Waals surface area (Å²) >= 11 is 0. The second-order valence-corrected chi connectivity index (χ2v) is 4.12. The van der Waals surface area contributed by atoms with E-state index in [2.05, 4.69) is 10.1 Å². The van der Waals surface area contributed by atoms with E-state index >= 15 is 0 Å². The zero-order valence-electron chi connectivity index (χ0n) is 9.67. The van der Waals surface area contributed by atoms with Gasteiger partial charge in [0.25, 0.3) is 0 Å². The molecule has 0 saturated heterocycles. The van der Waals surface area contributed by atoms with Crippen molar-refractivity contribution in [2.45, 2.75) is 33.2 Å². The number of rotatable bonds is 5. The third kappa shape index (κ3) is 3.84. The van der Waals surface area contributed by atoms with Crippen molar-refractivity contribution in [2.75, 3.05) is 0 Å². The highest BCUT2D eigenvalue weighted by molar-refractivity contribution is 5.81. The van der Waals surface area contributed by atoms with Crippen LogP contribution in [0.1, 0.15) is 31.7 Å². The van der Waals surface area contributed by atoms with Gasteiger partial charge >= 0.3 is 5.97 Å². The summed E-state index contributed by atoms with van der Waals surface area (Å²) in [6, 6.07) is 0.995. The van der Waals surface area contributed by atoms with E-state index in [1.165, 1.54) is 6.21 Å². The Balaban J connectivity index is 2.67. The predicted molar refractivity (Wildman–Crippen MR) is 59.7 cm³/mol. The van der Waals surface area contributed by atoms with E-state index < -0.39 is 12.0 Å². The summed E-state index contributed by atoms with van der Waals surface area (Å²) in [5, 5.41) is 12.7. The van der Waals surface area contributed by atoms with Gasteiger partial charge in [-0.2, -0.15) is 0 Å². The zero-order valence-corrected chi connectivity index (χ0v) is 9.67. The van der Waals surface area contributed by atoms with Crippen LogP contribution in [0.2, 0.25) is 0 Å². The van der Waals surface area contributed by atoms with Crippen LogP contribution in [-0.2, 0) is 4.79 Å². The van der Waals surface area contributed by atoms with Crippen molar-refractivity contribution in [1.29, 1.82) is 0 Å². The van der Waals surface area contributed by atoms with Crippen LogP contribution in [0.3, 0.4) is 0 Å². The molecule has 0 amide bonds. The molecule has 0 aliphatic rings. The zero-order chi connectivity index (χ0) is 12.1. The first kappa shape index (κ1) is 12.4. The Morgan fingerprint density at radius 2 is 2.38 bits per heavy atom. The van der Waals surface area contributed by atoms with Crippen molar-refractivity contribution in [3.05, 3.63) is 17.5 Å². The minimum Gasteiger partial charge on any atom is -0.480 e. The van der Waals surface area contributed by atoms with Gasteiger partial charge in [-0.05, 0) is 19.3 Å². The fourth-order valence-electron chi connectivity index (χ4n) is 1.28. The number of aromatic nitrogens is 1. The number of aryl methyl sites for hydroxylation is 1. The van der Waals surface area contributed by atoms with Gasteiger partial charge in [0.2, 0.25) is 0 Å². The summed E-state index contributed by atoms with van der Waals surface area (Å²) in [6.07, 6.45) is 1.96. The van der Waals surface area contributed by atoms with Crippen LogP contribution in [0.15, 0.2) is 15.6 Å². The Kier molecular flexibility index (Phi) is 4.22. The van der Waals surface area contributed by atoms with Gasteiger partial charge in [-0.3, -0.25) is 4.99 Å². The standard InChI is InChI=1S/C11H16N2O3/c1-7(2)4-10(11(14)15)12-6-9-5-8(3)16-13-9/h5-7,10H,4H2,1-3H3,(H,14,15). The van der Waals surface area contributed by atoms with Crippen LogP contribution < -0.4 is 0 Å². The smallest absolute Gasteiger partial charge is 0.328 e. The number of hydrogen-bond acceptors (Lipinski definition) is 4. The Morgan fingerprint density at radius 3 is 2.81 bits per heavy atom. The maximum Gasteiger partial charge on any atom is 0.328 e. The Hall–Kier alpha value is -1.65. The molecule has 0 bridgehead atoms. The molecule has 88 valence electrons. The molecule has 1 heterocycles. The quantitative estimate of drug-likeness (QED) is 0.775. The maximum absolute atomic E-state index is 10.9. The van der Waals surface area contributed by atoms with Gasteiger partial charge in [-0.25, -0.2) is 4.79 Å². The fraction of sp³-hybridized carbons (Fsp3) is 0.545. The number of nitrogens with zero attached hydrogens (tertiary/aromatic N) is 2. The van der Waals surface area contributed by atoms with Gasteiger partial charge in [0.15, 0.2) is 0 Å². The molecule has 1 aromatic rings. The molecule has 5 nitrogen and oxygen atoms in total. The molecule has 1 atom stereocenters. The third-order valence-electron chi connectivity index (χ3n) is 2.01. The second kappa shape index (κ2) is 5.44. The molecule has 0 aliphatic heterocycles. The van der Waals surface area contributed by atoms with E-state index in [0.717, 1.165) is 0 Å². The lowest BCUT2D eigenvalue weighted by atomic mass is 10.0. The van der Waals surface area contributed by atoms with E-state index in [1.54, 1.807) is 13.0 Å². The van der Waals surface area contributed by atoms with Crippen molar-refractivity contribution < 1.29 is 14.4 Å². The van der Waals surface area contributed by atoms with Crippen molar-refractivity contribution in [3.8, 4) is 0 Å². The SMILES string of the molecule is Cc1cc(C=NC(CC(C)C)C(=O)O)no1. The lowest BCUT2D eigenvalue weighted by Crippen LogP contribution is -2.20. The van der Waals surface area contributed by atoms with Crippen molar-refractivity contribution in [2.24, 2.45) is 10.9 Å². The first-order valence-corrected chi connectivity index (χ1v) is 5.18. The number of aliphatic carboxylic acids is 1. The van der Waals surface area contributed by atoms with Gasteiger partial charge in [-0.1, -0.05) is 19.0 Å². The summed E-state index contributed by atoms with van der Waals surface area (Å²) in [4.78, 5) is 14.9. The molecular formula is C11H16N2O3. The van der Waals surface area contributed by atoms with Gasteiger partial charge in [0.1, 0.15) is 17.5 Å². The molecule has 0 saturated carbocycles. The van der Waals surface area contributed by atoms with E-state index in [4.69, 9.17) is 9.63 Å². The Labute approximate surface area is 94.2 Å². The number of carboxylic acid groups (broad SMARTS) is 1. The molecule has 5 heteroatoms. The summed E-state index contributed by atoms with van der Waals surface area (Å²) in [5.74, 6) is 0.0552. The van der Waals surface area contributed by atoms with Gasteiger partial charge in [0, 0.05) is 6.07 Å². The van der Waals surface area contributed by atoms with Gasteiger partial charge in [0.05, 0.1) is 6.21 Å². The minimum atomic E-state index is -0.912. The van der Waals surface area contributed by atoms with Crippen LogP contribution in [-0.4, -0.2) is 28.5 Å². The average Bonchev–Trinajstić information content (AvgIpc) is 2.58. The summed E-state index contributed by atoms with van der Waals surface area (Å²) in [6.45, 7) is 5.70. The Morgan fingerprint density at radius 1 is 1.69 bits per heavy atom. The normalized spacial score (nSPS) is 13.5. The lowest BCUT2D eigenvalue weighted by Gasteiger charge is -2.08. The third-order valence-corrected chi connectivity index (χ3v) is 2.01. The van der Waals surface area contributed by atoms with Crippen LogP contribution in [0, 0.1) is 12.8 Å². The molecule has 0 radical (unpaired) electrons. The summed E-state index contributed by atoms with van der Waals surface area (Å²) < 4.78 is 4.85. The highest BCUT2D eigenvalue weighted by Gasteiger charge is 2.16. The second-order valence-electron chi connectivity index (χ2n) is 4.12. The molecule has 16 heavy (non-hydrogen) atoms. The van der Waals surface area contributed by atoms with E-state index in [0.29, 0.717) is 17.9 Å². The highest BCUT2D eigenvalue weighted by atomic mass is 16.5. The fourth-order valence-corrected chi connectivity index (χ4v) is 1.28. The van der Waals surface area contributed by atoms with Crippen molar-refractivity contribution in [3.63, 3.8) is 0 Å². The lowest BCUT2D eigenvalue weighted by molar-refractivity contribution is -0.138. The predicted octanol–water partition coefficient (Wildman–Crippen LogP) is 1.90. The number of carbonyl (C=O) groups is 1. The number of hydrogen-bond donors (Lipinski definition) is 1. The number of aliphatic imine (C=N–C) groups is 1. The maximum atomic E-state index is 10.9. The van der Waals surface area contributed by atoms with E-state index in [-0.39, 0.29) is 5.92 Å². The molecule has 0 aliphatic carbocycles. The van der Waals surface area contributed by atoms with E-state index in [1.807, 2.05) is 13.8 Å². The molecule has 1 rings (SSSR count). The molecular weight excluding hydrogens is 208 g/mol. The molecule has 1 N–H and O–H groups in total. The molecule has 1 unspecified atom stereocenters. The van der Waals surface area contributed by atoms with Crippen LogP contribution in [0.25, 0.3) is 0 Å². The number of carboxylic acids is 1. The molecule has 0 spiro atoms. The van der Waals surface area contributed by atoms with Crippen LogP contribution >= 0.6 is 0 Å². The summed E-state index contributed by atoms with van der Waals surface area (Å²) in [7, 11) is 0. The molecule has 1 aromatic heterocycles. The monoisotopic (exact) mass is 224 g/mol. The van der Waals surface area contributed by atoms with Crippen molar-refractivity contribution >= 4 is 12.2 Å². The molecule has 0 aromatic carbocycles. The highest BCUT2D eigenvalue weighted by Crippen LogP contribution is 2.08. The van der Waals surface area contributed by atoms with Crippen LogP contribution in [0.5, 0.6) is 0 Å². The summed E-state index contributed by atoms with van der Waals surface area (Å²) in [5.41, 5.74) is 0.549. The van der Waals surface area contributed by atoms with Crippen LogP contribution in [0.4, 0.5) is 0 Å². The van der Waals surface area contributed by atoms with Gasteiger partial charge < -0.3 is 9.63 Å². The molecule has 0 fully saturated rings. The first-order valence-electron chi connectivity index (χ1n) is 5.18. The Bertz CT molecular complexity index is 382. The largest absolute Gasteiger partial charge is 0.480 e. The van der Waals surface area contributed by atoms with Gasteiger partial charge in [-0.15, -0.1) is 0 Å². The minimum absolute atomic E-state index is 0.289.